The molecule has 2 fully saturated rings. The second-order valence-corrected chi connectivity index (χ2v) is 8.21. The Kier molecular flexibility index (Phi) is 5.43. The predicted molar refractivity (Wildman–Crippen MR) is 97.1 cm³/mol. The number of piperidine rings is 1. The van der Waals surface area contributed by atoms with Crippen molar-refractivity contribution in [2.24, 2.45) is 11.8 Å². The zero-order valence-electron chi connectivity index (χ0n) is 15.7. The molecule has 4 nitrogen and oxygen atoms in total. The number of ketones is 1. The lowest BCUT2D eigenvalue weighted by Crippen LogP contribution is -2.50. The number of Topliss-reactive ketones (excluding diaryl/α,β-unsaturated/α-hetero) is 1. The van der Waals surface area contributed by atoms with E-state index in [0.29, 0.717) is 29.7 Å². The second-order valence-electron chi connectivity index (χ2n) is 8.21. The lowest BCUT2D eigenvalue weighted by molar-refractivity contribution is -0.131. The van der Waals surface area contributed by atoms with E-state index < -0.39 is 0 Å². The summed E-state index contributed by atoms with van der Waals surface area (Å²) in [7, 11) is 0. The van der Waals surface area contributed by atoms with Crippen molar-refractivity contribution in [1.29, 1.82) is 0 Å². The number of likely N-dealkylation sites (tertiary alicyclic amines) is 1. The number of hydrogen-bond acceptors (Lipinski definition) is 3. The molecule has 24 heavy (non-hydrogen) atoms. The van der Waals surface area contributed by atoms with Crippen LogP contribution >= 0.6 is 0 Å². The fourth-order valence-electron chi connectivity index (χ4n) is 4.09. The van der Waals surface area contributed by atoms with Gasteiger partial charge in [0.05, 0.1) is 12.2 Å². The van der Waals surface area contributed by atoms with E-state index in [4.69, 9.17) is 0 Å². The maximum Gasteiger partial charge on any atom is 0.138 e. The molecule has 1 aliphatic carbocycles. The molecule has 0 radical (unpaired) electrons. The largest absolute Gasteiger partial charge is 0.300 e. The molecule has 2 aliphatic rings. The summed E-state index contributed by atoms with van der Waals surface area (Å²) in [4.78, 5) is 14.9. The smallest absolute Gasteiger partial charge is 0.138 e. The summed E-state index contributed by atoms with van der Waals surface area (Å²) in [6.45, 7) is 10.9. The van der Waals surface area contributed by atoms with E-state index >= 15 is 0 Å². The van der Waals surface area contributed by atoms with Crippen LogP contribution in [0.25, 0.3) is 0 Å². The molecule has 0 spiro atoms. The summed E-state index contributed by atoms with van der Waals surface area (Å²) in [6.07, 6.45) is 9.77. The number of aromatic nitrogens is 2. The Morgan fingerprint density at radius 3 is 2.42 bits per heavy atom. The number of rotatable bonds is 6. The van der Waals surface area contributed by atoms with Crippen LogP contribution in [0.15, 0.2) is 12.4 Å². The van der Waals surface area contributed by atoms with Crippen LogP contribution in [0.2, 0.25) is 0 Å². The van der Waals surface area contributed by atoms with E-state index in [1.165, 1.54) is 18.4 Å². The van der Waals surface area contributed by atoms with Gasteiger partial charge in [-0.15, -0.1) is 0 Å². The molecular formula is C20H33N3O. The van der Waals surface area contributed by atoms with Crippen molar-refractivity contribution in [3.63, 3.8) is 0 Å². The van der Waals surface area contributed by atoms with Gasteiger partial charge in [-0.25, -0.2) is 0 Å². The second kappa shape index (κ2) is 7.38. The standard InChI is InChI=1S/C20H33N3O/c1-5-15(4)20(24)16-10-19(11-16)22-8-6-18(7-9-22)23-13-17(12-21-23)14(2)3/h12-16,18-19H,5-11H2,1-4H3. The van der Waals surface area contributed by atoms with E-state index in [1.807, 2.05) is 6.20 Å². The molecule has 1 atom stereocenters. The predicted octanol–water partition coefficient (Wildman–Crippen LogP) is 4.04. The summed E-state index contributed by atoms with van der Waals surface area (Å²) >= 11 is 0. The van der Waals surface area contributed by atoms with Gasteiger partial charge >= 0.3 is 0 Å². The van der Waals surface area contributed by atoms with Gasteiger partial charge in [-0.1, -0.05) is 27.7 Å². The lowest BCUT2D eigenvalue weighted by atomic mass is 9.73. The summed E-state index contributed by atoms with van der Waals surface area (Å²) in [6, 6.07) is 1.19. The third-order valence-electron chi connectivity index (χ3n) is 6.29. The molecule has 134 valence electrons. The summed E-state index contributed by atoms with van der Waals surface area (Å²) in [5.41, 5.74) is 1.34. The molecule has 3 rings (SSSR count). The van der Waals surface area contributed by atoms with Crippen LogP contribution in [0.4, 0.5) is 0 Å². The average molecular weight is 332 g/mol. The fourth-order valence-corrected chi connectivity index (χ4v) is 4.09. The third-order valence-corrected chi connectivity index (χ3v) is 6.29. The van der Waals surface area contributed by atoms with Gasteiger partial charge in [0.25, 0.3) is 0 Å². The van der Waals surface area contributed by atoms with Crippen molar-refractivity contribution in [1.82, 2.24) is 14.7 Å². The van der Waals surface area contributed by atoms with Gasteiger partial charge in [0.2, 0.25) is 0 Å². The highest BCUT2D eigenvalue weighted by molar-refractivity contribution is 5.84. The molecule has 1 saturated heterocycles. The zero-order valence-corrected chi connectivity index (χ0v) is 15.7. The molecule has 2 heterocycles. The number of carbonyl (C=O) groups is 1. The van der Waals surface area contributed by atoms with Gasteiger partial charge in [-0.2, -0.15) is 5.10 Å². The Balaban J connectivity index is 1.45. The van der Waals surface area contributed by atoms with E-state index in [-0.39, 0.29) is 5.92 Å². The highest BCUT2D eigenvalue weighted by Crippen LogP contribution is 2.37. The van der Waals surface area contributed by atoms with Crippen molar-refractivity contribution in [2.75, 3.05) is 13.1 Å². The van der Waals surface area contributed by atoms with Crippen LogP contribution in [0, 0.1) is 11.8 Å². The van der Waals surface area contributed by atoms with E-state index in [9.17, 15) is 4.79 Å². The first-order valence-electron chi connectivity index (χ1n) is 9.81. The molecule has 0 aromatic carbocycles. The third kappa shape index (κ3) is 3.58. The first-order chi connectivity index (χ1) is 11.5. The molecule has 1 aliphatic heterocycles. The average Bonchev–Trinajstić information content (AvgIpc) is 3.03. The molecule has 1 aromatic heterocycles. The molecule has 1 saturated carbocycles. The van der Waals surface area contributed by atoms with Crippen molar-refractivity contribution < 1.29 is 4.79 Å². The maximum atomic E-state index is 12.2. The number of carbonyl (C=O) groups excluding carboxylic acids is 1. The zero-order chi connectivity index (χ0) is 17.3. The van der Waals surface area contributed by atoms with E-state index in [1.54, 1.807) is 0 Å². The van der Waals surface area contributed by atoms with Crippen LogP contribution in [0.5, 0.6) is 0 Å². The molecule has 1 aromatic rings. The van der Waals surface area contributed by atoms with E-state index in [0.717, 1.165) is 32.4 Å². The van der Waals surface area contributed by atoms with Gasteiger partial charge in [-0.05, 0) is 43.6 Å². The minimum atomic E-state index is 0.247. The minimum absolute atomic E-state index is 0.247. The molecule has 1 unspecified atom stereocenters. The van der Waals surface area contributed by atoms with Crippen LogP contribution in [-0.2, 0) is 4.79 Å². The highest BCUT2D eigenvalue weighted by atomic mass is 16.1. The van der Waals surface area contributed by atoms with Crippen LogP contribution in [0.3, 0.4) is 0 Å². The van der Waals surface area contributed by atoms with Gasteiger partial charge in [0.15, 0.2) is 0 Å². The number of nitrogens with zero attached hydrogens (tertiary/aromatic N) is 3. The minimum Gasteiger partial charge on any atom is -0.300 e. The maximum absolute atomic E-state index is 12.2. The van der Waals surface area contributed by atoms with Crippen molar-refractivity contribution >= 4 is 5.78 Å². The Hall–Kier alpha value is -1.16. The molecule has 4 heteroatoms. The fraction of sp³-hybridized carbons (Fsp3) is 0.800. The first kappa shape index (κ1) is 17.7. The molecular weight excluding hydrogens is 298 g/mol. The SMILES string of the molecule is CCC(C)C(=O)C1CC(N2CCC(n3cc(C(C)C)cn3)CC2)C1. The quantitative estimate of drug-likeness (QED) is 0.789. The van der Waals surface area contributed by atoms with Crippen LogP contribution in [-0.4, -0.2) is 39.6 Å². The first-order valence-corrected chi connectivity index (χ1v) is 9.81. The van der Waals surface area contributed by atoms with Crippen molar-refractivity contribution in [3.8, 4) is 0 Å². The Morgan fingerprint density at radius 2 is 1.88 bits per heavy atom. The monoisotopic (exact) mass is 331 g/mol. The molecule has 0 N–H and O–H groups in total. The van der Waals surface area contributed by atoms with Crippen LogP contribution in [0.1, 0.15) is 77.3 Å². The van der Waals surface area contributed by atoms with Crippen molar-refractivity contribution in [3.05, 3.63) is 18.0 Å². The lowest BCUT2D eigenvalue weighted by Gasteiger charge is -2.45. The summed E-state index contributed by atoms with van der Waals surface area (Å²) < 4.78 is 2.18. The normalized spacial score (nSPS) is 27.2. The molecule has 0 amide bonds. The molecule has 0 bridgehead atoms. The van der Waals surface area contributed by atoms with Gasteiger partial charge in [0.1, 0.15) is 5.78 Å². The topological polar surface area (TPSA) is 38.1 Å². The van der Waals surface area contributed by atoms with E-state index in [2.05, 4.69) is 48.6 Å². The Labute approximate surface area is 146 Å². The Morgan fingerprint density at radius 1 is 1.21 bits per heavy atom. The van der Waals surface area contributed by atoms with Gasteiger partial charge < -0.3 is 4.90 Å². The van der Waals surface area contributed by atoms with Crippen LogP contribution < -0.4 is 0 Å². The number of hydrogen-bond donors (Lipinski definition) is 0. The van der Waals surface area contributed by atoms with Gasteiger partial charge in [-0.3, -0.25) is 9.48 Å². The van der Waals surface area contributed by atoms with Gasteiger partial charge in [0, 0.05) is 37.2 Å². The van der Waals surface area contributed by atoms with Crippen molar-refractivity contribution in [2.45, 2.75) is 77.8 Å². The summed E-state index contributed by atoms with van der Waals surface area (Å²) in [5.74, 6) is 1.63. The Bertz CT molecular complexity index is 551. The highest BCUT2D eigenvalue weighted by Gasteiger charge is 2.39. The summed E-state index contributed by atoms with van der Waals surface area (Å²) in [5, 5.41) is 4.58.